The fraction of sp³-hybridized carbons (Fsp3) is 0.364. The molecule has 1 saturated carbocycles. The Labute approximate surface area is 169 Å². The predicted molar refractivity (Wildman–Crippen MR) is 109 cm³/mol. The average molecular weight is 397 g/mol. The Morgan fingerprint density at radius 1 is 1.32 bits per heavy atom. The van der Waals surface area contributed by atoms with Crippen molar-refractivity contribution in [2.75, 3.05) is 0 Å². The standard InChI is InChI=1S/C22H24N2O3S/c1-14-9-15(2)16(3)20(10-14)27-12-21-23-17(13-28-21)11-24(18-6-7-18)22(25)19-5-4-8-26-19/h4-5,8-10,13,18H,6-7,11-12H2,1-3H3. The minimum Gasteiger partial charge on any atom is -0.486 e. The monoisotopic (exact) mass is 396 g/mol. The molecular formula is C22H24N2O3S. The minimum absolute atomic E-state index is 0.0656. The summed E-state index contributed by atoms with van der Waals surface area (Å²) in [5.74, 6) is 1.22. The Morgan fingerprint density at radius 2 is 2.14 bits per heavy atom. The highest BCUT2D eigenvalue weighted by atomic mass is 32.1. The number of ether oxygens (including phenoxy) is 1. The summed E-state index contributed by atoms with van der Waals surface area (Å²) in [5, 5.41) is 2.92. The molecule has 0 spiro atoms. The van der Waals surface area contributed by atoms with Crippen LogP contribution >= 0.6 is 11.3 Å². The van der Waals surface area contributed by atoms with E-state index in [4.69, 9.17) is 9.15 Å². The van der Waals surface area contributed by atoms with Crippen LogP contribution in [0.5, 0.6) is 5.75 Å². The van der Waals surface area contributed by atoms with Crippen LogP contribution < -0.4 is 4.74 Å². The number of carbonyl (C=O) groups excluding carboxylic acids is 1. The molecule has 1 amide bonds. The van der Waals surface area contributed by atoms with Gasteiger partial charge in [0.15, 0.2) is 5.76 Å². The number of hydrogen-bond donors (Lipinski definition) is 0. The van der Waals surface area contributed by atoms with Crippen LogP contribution in [0.1, 0.15) is 50.8 Å². The maximum absolute atomic E-state index is 12.7. The maximum Gasteiger partial charge on any atom is 0.290 e. The Kier molecular flexibility index (Phi) is 5.22. The summed E-state index contributed by atoms with van der Waals surface area (Å²) in [7, 11) is 0. The van der Waals surface area contributed by atoms with E-state index in [0.29, 0.717) is 18.9 Å². The summed E-state index contributed by atoms with van der Waals surface area (Å²) in [6.07, 6.45) is 3.61. The molecule has 4 rings (SSSR count). The highest BCUT2D eigenvalue weighted by Gasteiger charge is 2.34. The van der Waals surface area contributed by atoms with Crippen molar-refractivity contribution in [3.63, 3.8) is 0 Å². The third-order valence-electron chi connectivity index (χ3n) is 5.03. The van der Waals surface area contributed by atoms with Crippen LogP contribution in [0.15, 0.2) is 40.3 Å². The van der Waals surface area contributed by atoms with Gasteiger partial charge < -0.3 is 14.1 Å². The molecule has 1 aliphatic rings. The van der Waals surface area contributed by atoms with Crippen molar-refractivity contribution in [1.82, 2.24) is 9.88 Å². The van der Waals surface area contributed by atoms with Gasteiger partial charge in [-0.15, -0.1) is 11.3 Å². The van der Waals surface area contributed by atoms with E-state index in [2.05, 4.69) is 37.9 Å². The van der Waals surface area contributed by atoms with Crippen molar-refractivity contribution in [2.45, 2.75) is 52.8 Å². The fourth-order valence-electron chi connectivity index (χ4n) is 3.25. The van der Waals surface area contributed by atoms with Gasteiger partial charge in [0.1, 0.15) is 17.4 Å². The van der Waals surface area contributed by atoms with Gasteiger partial charge in [0.2, 0.25) is 0 Å². The van der Waals surface area contributed by atoms with E-state index in [1.165, 1.54) is 17.4 Å². The van der Waals surface area contributed by atoms with Gasteiger partial charge in [0.25, 0.3) is 5.91 Å². The lowest BCUT2D eigenvalue weighted by Gasteiger charge is -2.20. The number of carbonyl (C=O) groups is 1. The van der Waals surface area contributed by atoms with Gasteiger partial charge in [0.05, 0.1) is 18.5 Å². The molecule has 0 bridgehead atoms. The van der Waals surface area contributed by atoms with Crippen molar-refractivity contribution in [3.8, 4) is 5.75 Å². The van der Waals surface area contributed by atoms with Crippen molar-refractivity contribution in [3.05, 3.63) is 69.1 Å². The maximum atomic E-state index is 12.7. The zero-order valence-corrected chi connectivity index (χ0v) is 17.2. The number of furan rings is 1. The highest BCUT2D eigenvalue weighted by molar-refractivity contribution is 7.09. The first kappa shape index (κ1) is 18.7. The molecule has 6 heteroatoms. The molecule has 146 valence electrons. The van der Waals surface area contributed by atoms with E-state index in [0.717, 1.165) is 34.9 Å². The number of benzene rings is 1. The van der Waals surface area contributed by atoms with Gasteiger partial charge in [-0.2, -0.15) is 0 Å². The van der Waals surface area contributed by atoms with Gasteiger partial charge in [-0.25, -0.2) is 4.98 Å². The number of nitrogens with zero attached hydrogens (tertiary/aromatic N) is 2. The number of rotatable bonds is 7. The quantitative estimate of drug-likeness (QED) is 0.561. The molecule has 5 nitrogen and oxygen atoms in total. The number of aromatic nitrogens is 1. The summed E-state index contributed by atoms with van der Waals surface area (Å²) < 4.78 is 11.3. The Morgan fingerprint density at radius 3 is 2.86 bits per heavy atom. The molecule has 1 aromatic carbocycles. The summed E-state index contributed by atoms with van der Waals surface area (Å²) in [6.45, 7) is 7.18. The van der Waals surface area contributed by atoms with Crippen molar-refractivity contribution < 1.29 is 13.9 Å². The Balaban J connectivity index is 1.42. The molecule has 2 aromatic heterocycles. The zero-order valence-electron chi connectivity index (χ0n) is 16.4. The van der Waals surface area contributed by atoms with Crippen LogP contribution in [-0.4, -0.2) is 21.8 Å². The Bertz CT molecular complexity index is 974. The van der Waals surface area contributed by atoms with Gasteiger partial charge in [-0.3, -0.25) is 4.79 Å². The molecule has 0 aliphatic heterocycles. The molecule has 2 heterocycles. The molecule has 0 N–H and O–H groups in total. The Hall–Kier alpha value is -2.60. The fourth-order valence-corrected chi connectivity index (χ4v) is 3.94. The second-order valence-corrected chi connectivity index (χ2v) is 8.31. The topological polar surface area (TPSA) is 55.6 Å². The number of aryl methyl sites for hydroxylation is 2. The smallest absolute Gasteiger partial charge is 0.290 e. The van der Waals surface area contributed by atoms with Crippen molar-refractivity contribution >= 4 is 17.2 Å². The first-order valence-corrected chi connectivity index (χ1v) is 10.4. The predicted octanol–water partition coefficient (Wildman–Crippen LogP) is 5.05. The SMILES string of the molecule is Cc1cc(C)c(C)c(OCc2nc(CN(C(=O)c3ccco3)C3CC3)cs2)c1. The minimum atomic E-state index is -0.0656. The van der Waals surface area contributed by atoms with Crippen LogP contribution in [0.2, 0.25) is 0 Å². The molecule has 0 atom stereocenters. The van der Waals surface area contributed by atoms with Crippen LogP contribution in [0.25, 0.3) is 0 Å². The van der Waals surface area contributed by atoms with Crippen molar-refractivity contribution in [1.29, 1.82) is 0 Å². The van der Waals surface area contributed by atoms with Gasteiger partial charge in [-0.05, 0) is 68.5 Å². The van der Waals surface area contributed by atoms with E-state index in [9.17, 15) is 4.79 Å². The van der Waals surface area contributed by atoms with Crippen molar-refractivity contribution in [2.24, 2.45) is 0 Å². The summed E-state index contributed by atoms with van der Waals surface area (Å²) in [4.78, 5) is 19.2. The lowest BCUT2D eigenvalue weighted by molar-refractivity contribution is 0.0695. The largest absolute Gasteiger partial charge is 0.486 e. The van der Waals surface area contributed by atoms with Crippen LogP contribution in [0.3, 0.4) is 0 Å². The lowest BCUT2D eigenvalue weighted by atomic mass is 10.1. The molecule has 0 saturated heterocycles. The molecule has 0 unspecified atom stereocenters. The third kappa shape index (κ3) is 4.12. The van der Waals surface area contributed by atoms with Gasteiger partial charge in [0, 0.05) is 11.4 Å². The number of amides is 1. The van der Waals surface area contributed by atoms with E-state index >= 15 is 0 Å². The lowest BCUT2D eigenvalue weighted by Crippen LogP contribution is -2.32. The van der Waals surface area contributed by atoms with E-state index < -0.39 is 0 Å². The molecular weight excluding hydrogens is 372 g/mol. The zero-order chi connectivity index (χ0) is 19.7. The number of hydrogen-bond acceptors (Lipinski definition) is 5. The van der Waals surface area contributed by atoms with Crippen LogP contribution in [-0.2, 0) is 13.2 Å². The van der Waals surface area contributed by atoms with Gasteiger partial charge in [-0.1, -0.05) is 6.07 Å². The number of thiazole rings is 1. The van der Waals surface area contributed by atoms with Crippen LogP contribution in [0, 0.1) is 20.8 Å². The summed E-state index contributed by atoms with van der Waals surface area (Å²) >= 11 is 1.57. The highest BCUT2D eigenvalue weighted by Crippen LogP contribution is 2.30. The molecule has 3 aromatic rings. The molecule has 0 radical (unpaired) electrons. The normalized spacial score (nSPS) is 13.5. The first-order valence-electron chi connectivity index (χ1n) is 9.49. The van der Waals surface area contributed by atoms with Gasteiger partial charge >= 0.3 is 0 Å². The van der Waals surface area contributed by atoms with E-state index in [-0.39, 0.29) is 11.9 Å². The molecule has 1 fully saturated rings. The molecule has 28 heavy (non-hydrogen) atoms. The van der Waals surface area contributed by atoms with E-state index in [1.54, 1.807) is 23.5 Å². The second-order valence-electron chi connectivity index (χ2n) is 7.37. The first-order chi connectivity index (χ1) is 13.5. The second kappa shape index (κ2) is 7.80. The third-order valence-corrected chi connectivity index (χ3v) is 5.90. The van der Waals surface area contributed by atoms with Crippen LogP contribution in [0.4, 0.5) is 0 Å². The van der Waals surface area contributed by atoms with E-state index in [1.807, 2.05) is 10.3 Å². The molecule has 1 aliphatic carbocycles. The summed E-state index contributed by atoms with van der Waals surface area (Å²) in [6, 6.07) is 7.97. The average Bonchev–Trinajstić information content (AvgIpc) is 3.17. The summed E-state index contributed by atoms with van der Waals surface area (Å²) in [5.41, 5.74) is 4.47.